The fourth-order valence-corrected chi connectivity index (χ4v) is 2.08. The summed E-state index contributed by atoms with van der Waals surface area (Å²) in [5.41, 5.74) is 15.7. The topological polar surface area (TPSA) is 72.3 Å². The van der Waals surface area contributed by atoms with Crippen molar-refractivity contribution in [1.82, 2.24) is 0 Å². The zero-order valence-electron chi connectivity index (χ0n) is 10.4. The van der Waals surface area contributed by atoms with Gasteiger partial charge < -0.3 is 16.6 Å². The van der Waals surface area contributed by atoms with E-state index >= 15 is 0 Å². The fourth-order valence-electron chi connectivity index (χ4n) is 2.08. The lowest BCUT2D eigenvalue weighted by Crippen LogP contribution is -2.17. The zero-order valence-corrected chi connectivity index (χ0v) is 10.4. The van der Waals surface area contributed by atoms with E-state index in [2.05, 4.69) is 13.0 Å². The molecular formula is C13H21BN2O. The van der Waals surface area contributed by atoms with Gasteiger partial charge in [-0.05, 0) is 48.3 Å². The molecular weight excluding hydrogens is 211 g/mol. The molecule has 1 rings (SSSR count). The average molecular weight is 232 g/mol. The van der Waals surface area contributed by atoms with E-state index < -0.39 is 0 Å². The molecule has 0 aliphatic carbocycles. The van der Waals surface area contributed by atoms with Crippen LogP contribution in [0.3, 0.4) is 0 Å². The molecule has 0 saturated carbocycles. The van der Waals surface area contributed by atoms with Gasteiger partial charge in [0.2, 0.25) is 0 Å². The van der Waals surface area contributed by atoms with Gasteiger partial charge in [-0.15, -0.1) is 0 Å². The molecule has 0 fully saturated rings. The van der Waals surface area contributed by atoms with Crippen molar-refractivity contribution >= 4 is 13.5 Å². The van der Waals surface area contributed by atoms with Gasteiger partial charge in [-0.3, -0.25) is 0 Å². The molecule has 1 unspecified atom stereocenters. The van der Waals surface area contributed by atoms with Crippen LogP contribution in [0.1, 0.15) is 35.9 Å². The minimum Gasteiger partial charge on any atom is -0.398 e. The predicted octanol–water partition coefficient (Wildman–Crippen LogP) is 0.924. The molecule has 1 aromatic carbocycles. The van der Waals surface area contributed by atoms with E-state index in [9.17, 15) is 0 Å². The molecule has 92 valence electrons. The first-order chi connectivity index (χ1) is 8.15. The molecule has 0 aromatic heterocycles. The first-order valence-electron chi connectivity index (χ1n) is 6.12. The molecule has 0 saturated heterocycles. The number of nitrogen functional groups attached to an aromatic ring is 1. The number of hydrogen-bond donors (Lipinski definition) is 3. The maximum absolute atomic E-state index is 8.86. The van der Waals surface area contributed by atoms with Crippen molar-refractivity contribution in [2.75, 3.05) is 18.9 Å². The van der Waals surface area contributed by atoms with Crippen molar-refractivity contribution in [1.29, 1.82) is 0 Å². The molecule has 0 aliphatic heterocycles. The van der Waals surface area contributed by atoms with Crippen LogP contribution < -0.4 is 11.5 Å². The molecule has 1 aromatic rings. The molecule has 0 aliphatic rings. The smallest absolute Gasteiger partial charge is 0.0782 e. The van der Waals surface area contributed by atoms with Crippen LogP contribution in [0.5, 0.6) is 0 Å². The third-order valence-electron chi connectivity index (χ3n) is 3.08. The molecule has 4 heteroatoms. The number of nitrogens with two attached hydrogens (primary N) is 2. The van der Waals surface area contributed by atoms with Gasteiger partial charge in [0.1, 0.15) is 0 Å². The maximum atomic E-state index is 8.86. The second-order valence-electron chi connectivity index (χ2n) is 4.23. The summed E-state index contributed by atoms with van der Waals surface area (Å²) >= 11 is 0. The highest BCUT2D eigenvalue weighted by molar-refractivity contribution is 6.13. The SMILES string of the molecule is [B]C(CN)c1c(CC)ccc(CCCO)c1N. The number of benzene rings is 1. The Hall–Kier alpha value is -0.995. The molecule has 0 amide bonds. The Labute approximate surface area is 105 Å². The van der Waals surface area contributed by atoms with Crippen LogP contribution in [0.4, 0.5) is 5.69 Å². The van der Waals surface area contributed by atoms with E-state index in [0.717, 1.165) is 35.2 Å². The van der Waals surface area contributed by atoms with Crippen molar-refractivity contribution in [3.05, 3.63) is 28.8 Å². The molecule has 0 bridgehead atoms. The standard InChI is InChI=1S/C13H21BN2O/c1-2-9-5-6-10(4-3-7-17)13(16)12(9)11(14)8-15/h5-6,11,17H,2-4,7-8,15-16H2,1H3. The zero-order chi connectivity index (χ0) is 12.8. The summed E-state index contributed by atoms with van der Waals surface area (Å²) in [4.78, 5) is 0. The van der Waals surface area contributed by atoms with Crippen LogP contribution in [0.2, 0.25) is 0 Å². The molecule has 0 heterocycles. The van der Waals surface area contributed by atoms with Gasteiger partial charge in [-0.1, -0.05) is 19.1 Å². The Bertz CT molecular complexity index is 369. The lowest BCUT2D eigenvalue weighted by Gasteiger charge is -2.20. The number of aliphatic hydroxyl groups excluding tert-OH is 1. The Morgan fingerprint density at radius 1 is 1.35 bits per heavy atom. The molecule has 3 nitrogen and oxygen atoms in total. The summed E-state index contributed by atoms with van der Waals surface area (Å²) in [6.45, 7) is 2.64. The number of rotatable bonds is 6. The Morgan fingerprint density at radius 2 is 2.00 bits per heavy atom. The van der Waals surface area contributed by atoms with Crippen molar-refractivity contribution in [3.8, 4) is 0 Å². The lowest BCUT2D eigenvalue weighted by molar-refractivity contribution is 0.288. The second-order valence-corrected chi connectivity index (χ2v) is 4.23. The third kappa shape index (κ3) is 3.24. The van der Waals surface area contributed by atoms with Crippen LogP contribution in [-0.2, 0) is 12.8 Å². The maximum Gasteiger partial charge on any atom is 0.0782 e. The van der Waals surface area contributed by atoms with Crippen LogP contribution in [0.15, 0.2) is 12.1 Å². The molecule has 1 atom stereocenters. The van der Waals surface area contributed by atoms with E-state index in [-0.39, 0.29) is 12.4 Å². The van der Waals surface area contributed by atoms with Gasteiger partial charge in [0.05, 0.1) is 7.85 Å². The van der Waals surface area contributed by atoms with Gasteiger partial charge in [0, 0.05) is 12.3 Å². The summed E-state index contributed by atoms with van der Waals surface area (Å²) in [6.07, 6.45) is 2.39. The largest absolute Gasteiger partial charge is 0.398 e. The highest BCUT2D eigenvalue weighted by atomic mass is 16.2. The van der Waals surface area contributed by atoms with Gasteiger partial charge in [-0.2, -0.15) is 0 Å². The minimum absolute atomic E-state index is 0.174. The summed E-state index contributed by atoms with van der Waals surface area (Å²) in [7, 11) is 6.01. The first-order valence-corrected chi connectivity index (χ1v) is 6.12. The van der Waals surface area contributed by atoms with E-state index in [1.54, 1.807) is 0 Å². The lowest BCUT2D eigenvalue weighted by atomic mass is 9.76. The summed E-state index contributed by atoms with van der Waals surface area (Å²) < 4.78 is 0. The van der Waals surface area contributed by atoms with E-state index in [4.69, 9.17) is 24.4 Å². The van der Waals surface area contributed by atoms with Gasteiger partial charge in [-0.25, -0.2) is 0 Å². The highest BCUT2D eigenvalue weighted by Crippen LogP contribution is 2.28. The normalized spacial score (nSPS) is 12.6. The Morgan fingerprint density at radius 3 is 2.53 bits per heavy atom. The summed E-state index contributed by atoms with van der Waals surface area (Å²) in [6, 6.07) is 4.09. The fraction of sp³-hybridized carbons (Fsp3) is 0.538. The first kappa shape index (κ1) is 14.1. The predicted molar refractivity (Wildman–Crippen MR) is 73.2 cm³/mol. The number of hydrogen-bond acceptors (Lipinski definition) is 3. The van der Waals surface area contributed by atoms with Gasteiger partial charge in [0.25, 0.3) is 0 Å². The molecule has 2 radical (unpaired) electrons. The monoisotopic (exact) mass is 232 g/mol. The number of anilines is 1. The van der Waals surface area contributed by atoms with E-state index in [1.807, 2.05) is 6.07 Å². The van der Waals surface area contributed by atoms with Crippen LogP contribution in [-0.4, -0.2) is 26.1 Å². The van der Waals surface area contributed by atoms with Crippen molar-refractivity contribution < 1.29 is 5.11 Å². The van der Waals surface area contributed by atoms with Crippen LogP contribution in [0, 0.1) is 0 Å². The minimum atomic E-state index is -0.209. The van der Waals surface area contributed by atoms with Crippen LogP contribution >= 0.6 is 0 Å². The number of aryl methyl sites for hydroxylation is 2. The molecule has 17 heavy (non-hydrogen) atoms. The number of aliphatic hydroxyl groups is 1. The van der Waals surface area contributed by atoms with Crippen molar-refractivity contribution in [2.24, 2.45) is 5.73 Å². The average Bonchev–Trinajstić information content (AvgIpc) is 2.36. The van der Waals surface area contributed by atoms with E-state index in [0.29, 0.717) is 13.0 Å². The quantitative estimate of drug-likeness (QED) is 0.504. The Kier molecular flexibility index (Phi) is 5.52. The van der Waals surface area contributed by atoms with Crippen molar-refractivity contribution in [2.45, 2.75) is 32.0 Å². The molecule has 5 N–H and O–H groups in total. The van der Waals surface area contributed by atoms with Gasteiger partial charge in [0.15, 0.2) is 0 Å². The van der Waals surface area contributed by atoms with Gasteiger partial charge >= 0.3 is 0 Å². The third-order valence-corrected chi connectivity index (χ3v) is 3.08. The Balaban J connectivity index is 3.12. The summed E-state index contributed by atoms with van der Waals surface area (Å²) in [5, 5.41) is 8.86. The van der Waals surface area contributed by atoms with E-state index in [1.165, 1.54) is 0 Å². The molecule has 0 spiro atoms. The van der Waals surface area contributed by atoms with Crippen LogP contribution in [0.25, 0.3) is 0 Å². The second kappa shape index (κ2) is 6.67. The van der Waals surface area contributed by atoms with Crippen molar-refractivity contribution in [3.63, 3.8) is 0 Å². The summed E-state index contributed by atoms with van der Waals surface area (Å²) in [5.74, 6) is -0.209. The highest BCUT2D eigenvalue weighted by Gasteiger charge is 2.14.